The Hall–Kier alpha value is -3.87. The zero-order valence-electron chi connectivity index (χ0n) is 14.2. The molecule has 0 unspecified atom stereocenters. The number of hydrogen-bond donors (Lipinski definition) is 0. The molecule has 0 saturated carbocycles. The Kier molecular flexibility index (Phi) is 3.97. The maximum absolute atomic E-state index is 12.4. The highest BCUT2D eigenvalue weighted by atomic mass is 16.5. The molecule has 0 saturated heterocycles. The van der Waals surface area contributed by atoms with Crippen molar-refractivity contribution in [2.45, 2.75) is 6.92 Å². The van der Waals surface area contributed by atoms with Gasteiger partial charge in [0.2, 0.25) is 0 Å². The number of ether oxygens (including phenoxy) is 1. The molecule has 0 atom stereocenters. The first-order chi connectivity index (χ1) is 13.0. The number of rotatable bonds is 3. The Bertz CT molecular complexity index is 1020. The van der Waals surface area contributed by atoms with E-state index in [0.29, 0.717) is 17.0 Å². The quantitative estimate of drug-likeness (QED) is 0.406. The van der Waals surface area contributed by atoms with Gasteiger partial charge in [0, 0.05) is 12.4 Å². The van der Waals surface area contributed by atoms with Gasteiger partial charge in [0.15, 0.2) is 11.4 Å². The third-order valence-electron chi connectivity index (χ3n) is 4.10. The van der Waals surface area contributed by atoms with Crippen LogP contribution in [0.5, 0.6) is 5.75 Å². The molecule has 7 heteroatoms. The average molecular weight is 359 g/mol. The largest absolute Gasteiger partial charge is 0.423 e. The van der Waals surface area contributed by atoms with E-state index in [0.717, 1.165) is 10.5 Å². The number of carbonyl (C=O) groups is 3. The SMILES string of the molecule is Cc1ccc(OC(=O)c2ccc(N3C(=O)c4nccnc4C3=O)cc2)cc1. The summed E-state index contributed by atoms with van der Waals surface area (Å²) in [6.45, 7) is 1.94. The minimum absolute atomic E-state index is 0.0188. The first-order valence-electron chi connectivity index (χ1n) is 8.13. The molecular formula is C20H13N3O4. The summed E-state index contributed by atoms with van der Waals surface area (Å²) in [4.78, 5) is 45.9. The van der Waals surface area contributed by atoms with Crippen LogP contribution in [0.2, 0.25) is 0 Å². The van der Waals surface area contributed by atoms with Crippen LogP contribution in [0.25, 0.3) is 0 Å². The molecule has 2 amide bonds. The van der Waals surface area contributed by atoms with Gasteiger partial charge in [-0.25, -0.2) is 19.7 Å². The standard InChI is InChI=1S/C20H13N3O4/c1-12-2-8-15(9-3-12)27-20(26)13-4-6-14(7-5-13)23-18(24)16-17(19(23)25)22-11-10-21-16/h2-11H,1H3. The van der Waals surface area contributed by atoms with Crippen molar-refractivity contribution in [2.75, 3.05) is 4.90 Å². The van der Waals surface area contributed by atoms with Gasteiger partial charge >= 0.3 is 5.97 Å². The van der Waals surface area contributed by atoms with Gasteiger partial charge in [-0.05, 0) is 43.3 Å². The summed E-state index contributed by atoms with van der Waals surface area (Å²) in [5.74, 6) is -1.18. The molecule has 1 aliphatic rings. The van der Waals surface area contributed by atoms with Crippen molar-refractivity contribution in [3.05, 3.63) is 83.4 Å². The molecule has 1 aliphatic heterocycles. The molecule has 0 N–H and O–H groups in total. The molecule has 27 heavy (non-hydrogen) atoms. The van der Waals surface area contributed by atoms with Crippen LogP contribution in [0.3, 0.4) is 0 Å². The Balaban J connectivity index is 1.54. The molecule has 0 aliphatic carbocycles. The summed E-state index contributed by atoms with van der Waals surface area (Å²) in [5, 5.41) is 0. The Morgan fingerprint density at radius 2 is 1.41 bits per heavy atom. The molecule has 1 aromatic heterocycles. The number of benzene rings is 2. The van der Waals surface area contributed by atoms with E-state index in [1.807, 2.05) is 19.1 Å². The third kappa shape index (κ3) is 2.95. The van der Waals surface area contributed by atoms with Crippen LogP contribution < -0.4 is 9.64 Å². The zero-order valence-corrected chi connectivity index (χ0v) is 14.2. The molecule has 4 rings (SSSR count). The van der Waals surface area contributed by atoms with Gasteiger partial charge in [-0.15, -0.1) is 0 Å². The van der Waals surface area contributed by atoms with E-state index in [1.165, 1.54) is 36.7 Å². The lowest BCUT2D eigenvalue weighted by Gasteiger charge is -2.13. The minimum Gasteiger partial charge on any atom is -0.423 e. The van der Waals surface area contributed by atoms with Crippen LogP contribution in [-0.4, -0.2) is 27.8 Å². The maximum atomic E-state index is 12.4. The van der Waals surface area contributed by atoms with Crippen LogP contribution in [0.4, 0.5) is 5.69 Å². The summed E-state index contributed by atoms with van der Waals surface area (Å²) >= 11 is 0. The number of fused-ring (bicyclic) bond motifs is 1. The molecule has 0 fully saturated rings. The second-order valence-electron chi connectivity index (χ2n) is 5.95. The lowest BCUT2D eigenvalue weighted by molar-refractivity contribution is 0.0734. The first kappa shape index (κ1) is 16.6. The van der Waals surface area contributed by atoms with Gasteiger partial charge in [-0.2, -0.15) is 0 Å². The number of esters is 1. The number of nitrogens with zero attached hydrogens (tertiary/aromatic N) is 3. The highest BCUT2D eigenvalue weighted by molar-refractivity contribution is 6.33. The first-order valence-corrected chi connectivity index (χ1v) is 8.13. The number of amides is 2. The van der Waals surface area contributed by atoms with Crippen LogP contribution in [-0.2, 0) is 0 Å². The monoisotopic (exact) mass is 359 g/mol. The van der Waals surface area contributed by atoms with Gasteiger partial charge in [0.05, 0.1) is 11.3 Å². The van der Waals surface area contributed by atoms with Crippen LogP contribution in [0, 0.1) is 6.92 Å². The van der Waals surface area contributed by atoms with Gasteiger partial charge in [-0.1, -0.05) is 17.7 Å². The molecule has 7 nitrogen and oxygen atoms in total. The van der Waals surface area contributed by atoms with Gasteiger partial charge in [0.25, 0.3) is 11.8 Å². The Morgan fingerprint density at radius 1 is 0.852 bits per heavy atom. The summed E-state index contributed by atoms with van der Waals surface area (Å²) in [6, 6.07) is 13.1. The predicted molar refractivity (Wildman–Crippen MR) is 95.8 cm³/mol. The van der Waals surface area contributed by atoms with Gasteiger partial charge in [-0.3, -0.25) is 9.59 Å². The second-order valence-corrected chi connectivity index (χ2v) is 5.95. The van der Waals surface area contributed by atoms with Crippen molar-refractivity contribution >= 4 is 23.5 Å². The van der Waals surface area contributed by atoms with Crippen LogP contribution in [0.15, 0.2) is 60.9 Å². The van der Waals surface area contributed by atoms with Crippen molar-refractivity contribution in [3.8, 4) is 5.75 Å². The zero-order chi connectivity index (χ0) is 19.0. The minimum atomic E-state index is -0.543. The maximum Gasteiger partial charge on any atom is 0.343 e. The Labute approximate surface area is 154 Å². The number of hydrogen-bond acceptors (Lipinski definition) is 6. The highest BCUT2D eigenvalue weighted by Crippen LogP contribution is 2.26. The smallest absolute Gasteiger partial charge is 0.343 e. The lowest BCUT2D eigenvalue weighted by Crippen LogP contribution is -2.29. The highest BCUT2D eigenvalue weighted by Gasteiger charge is 2.39. The van der Waals surface area contributed by atoms with E-state index in [4.69, 9.17) is 4.74 Å². The Morgan fingerprint density at radius 3 is 1.96 bits per heavy atom. The summed E-state index contributed by atoms with van der Waals surface area (Å²) < 4.78 is 5.31. The topological polar surface area (TPSA) is 89.5 Å². The van der Waals surface area contributed by atoms with E-state index in [9.17, 15) is 14.4 Å². The molecule has 2 aromatic carbocycles. The van der Waals surface area contributed by atoms with Gasteiger partial charge in [0.1, 0.15) is 5.75 Å². The van der Waals surface area contributed by atoms with E-state index in [2.05, 4.69) is 9.97 Å². The summed E-state index contributed by atoms with van der Waals surface area (Å²) in [5.41, 5.74) is 1.73. The summed E-state index contributed by atoms with van der Waals surface area (Å²) in [6.07, 6.45) is 2.72. The van der Waals surface area contributed by atoms with E-state index < -0.39 is 17.8 Å². The van der Waals surface area contributed by atoms with Crippen molar-refractivity contribution in [1.29, 1.82) is 0 Å². The van der Waals surface area contributed by atoms with Crippen molar-refractivity contribution in [3.63, 3.8) is 0 Å². The van der Waals surface area contributed by atoms with Crippen molar-refractivity contribution < 1.29 is 19.1 Å². The van der Waals surface area contributed by atoms with E-state index in [-0.39, 0.29) is 11.4 Å². The number of carbonyl (C=O) groups excluding carboxylic acids is 3. The summed E-state index contributed by atoms with van der Waals surface area (Å²) in [7, 11) is 0. The predicted octanol–water partition coefficient (Wildman–Crippen LogP) is 2.80. The van der Waals surface area contributed by atoms with Crippen LogP contribution in [0.1, 0.15) is 36.9 Å². The fourth-order valence-electron chi connectivity index (χ4n) is 2.71. The third-order valence-corrected chi connectivity index (χ3v) is 4.10. The molecule has 0 bridgehead atoms. The van der Waals surface area contributed by atoms with Crippen LogP contribution >= 0.6 is 0 Å². The second kappa shape index (κ2) is 6.45. The van der Waals surface area contributed by atoms with Crippen molar-refractivity contribution in [1.82, 2.24) is 9.97 Å². The molecule has 3 aromatic rings. The lowest BCUT2D eigenvalue weighted by atomic mass is 10.2. The normalized spacial score (nSPS) is 12.9. The van der Waals surface area contributed by atoms with Crippen molar-refractivity contribution in [2.24, 2.45) is 0 Å². The molecule has 0 radical (unpaired) electrons. The van der Waals surface area contributed by atoms with E-state index >= 15 is 0 Å². The molecular weight excluding hydrogens is 346 g/mol. The average Bonchev–Trinajstić information content (AvgIpc) is 2.95. The molecule has 132 valence electrons. The number of imide groups is 1. The fraction of sp³-hybridized carbons (Fsp3) is 0.0500. The molecule has 0 spiro atoms. The molecule has 2 heterocycles. The fourth-order valence-corrected chi connectivity index (χ4v) is 2.71. The number of aryl methyl sites for hydroxylation is 1. The van der Waals surface area contributed by atoms with Gasteiger partial charge < -0.3 is 4.74 Å². The number of aromatic nitrogens is 2. The number of anilines is 1. The van der Waals surface area contributed by atoms with E-state index in [1.54, 1.807) is 12.1 Å².